The summed E-state index contributed by atoms with van der Waals surface area (Å²) in [6, 6.07) is 0. The van der Waals surface area contributed by atoms with Gasteiger partial charge in [-0.1, -0.05) is 0 Å². The SMILES string of the molecule is CP(=O)(OC[C@H]1O[C@@H](n2cnc3c(=O)[nH]c(N)nc32)C(O)C1O)OP(=O)(O)OP(=O)(O)O. The van der Waals surface area contributed by atoms with Crippen LogP contribution in [0.5, 0.6) is 0 Å². The van der Waals surface area contributed by atoms with Gasteiger partial charge in [-0.2, -0.15) is 9.29 Å². The Morgan fingerprint density at radius 2 is 1.88 bits per heavy atom. The number of rotatable bonds is 8. The molecule has 4 unspecified atom stereocenters. The monoisotopic (exact) mass is 521 g/mol. The Bertz CT molecular complexity index is 1210. The molecular weight excluding hydrogens is 503 g/mol. The highest BCUT2D eigenvalue weighted by Crippen LogP contribution is 2.66. The van der Waals surface area contributed by atoms with E-state index in [2.05, 4.69) is 23.6 Å². The van der Waals surface area contributed by atoms with Gasteiger partial charge >= 0.3 is 23.2 Å². The first-order chi connectivity index (χ1) is 14.6. The molecule has 3 heterocycles. The average Bonchev–Trinajstić information content (AvgIpc) is 3.12. The second kappa shape index (κ2) is 8.68. The summed E-state index contributed by atoms with van der Waals surface area (Å²) in [7, 11) is -15.4. The smallest absolute Gasteiger partial charge is 0.387 e. The fraction of sp³-hybridized carbons (Fsp3) is 0.545. The predicted octanol–water partition coefficient (Wildman–Crippen LogP) is -1.61. The van der Waals surface area contributed by atoms with Crippen molar-refractivity contribution in [3.05, 3.63) is 16.7 Å². The molecule has 8 N–H and O–H groups in total. The van der Waals surface area contributed by atoms with E-state index < -0.39 is 59.9 Å². The van der Waals surface area contributed by atoms with Gasteiger partial charge in [0.25, 0.3) is 5.56 Å². The molecule has 21 heteroatoms. The molecule has 1 aliphatic heterocycles. The lowest BCUT2D eigenvalue weighted by atomic mass is 10.1. The summed E-state index contributed by atoms with van der Waals surface area (Å²) in [4.78, 5) is 48.3. The van der Waals surface area contributed by atoms with Crippen LogP contribution in [-0.4, -0.2) is 76.0 Å². The molecule has 0 spiro atoms. The van der Waals surface area contributed by atoms with Gasteiger partial charge in [-0.15, -0.1) is 0 Å². The lowest BCUT2D eigenvalue weighted by molar-refractivity contribution is -0.0482. The van der Waals surface area contributed by atoms with E-state index in [0.717, 1.165) is 10.9 Å². The van der Waals surface area contributed by atoms with Crippen molar-refractivity contribution in [2.75, 3.05) is 19.0 Å². The Kier molecular flexibility index (Phi) is 6.81. The summed E-state index contributed by atoms with van der Waals surface area (Å²) < 4.78 is 53.5. The zero-order chi connectivity index (χ0) is 24.1. The molecule has 6 atom stereocenters. The minimum Gasteiger partial charge on any atom is -0.387 e. The quantitative estimate of drug-likeness (QED) is 0.192. The number of hydrogen-bond donors (Lipinski definition) is 7. The van der Waals surface area contributed by atoms with E-state index in [4.69, 9.17) is 24.8 Å². The normalized spacial score (nSPS) is 27.9. The van der Waals surface area contributed by atoms with Crippen molar-refractivity contribution < 1.29 is 56.5 Å². The van der Waals surface area contributed by atoms with Crippen LogP contribution in [0.1, 0.15) is 6.23 Å². The molecular formula is C11H18N5O13P3. The zero-order valence-corrected chi connectivity index (χ0v) is 18.5. The maximum Gasteiger partial charge on any atom is 0.488 e. The Hall–Kier alpha value is -1.52. The number of nitrogen functional groups attached to an aromatic ring is 1. The van der Waals surface area contributed by atoms with Crippen molar-refractivity contribution in [1.82, 2.24) is 19.5 Å². The molecule has 0 aliphatic carbocycles. The van der Waals surface area contributed by atoms with Crippen LogP contribution < -0.4 is 11.3 Å². The summed E-state index contributed by atoms with van der Waals surface area (Å²) in [6.07, 6.45) is -4.85. The third-order valence-electron chi connectivity index (χ3n) is 4.00. The number of aromatic amines is 1. The number of nitrogens with zero attached hydrogens (tertiary/aromatic N) is 3. The first-order valence-electron chi connectivity index (χ1n) is 8.35. The van der Waals surface area contributed by atoms with E-state index in [9.17, 15) is 33.6 Å². The zero-order valence-electron chi connectivity index (χ0n) is 15.9. The molecule has 0 bridgehead atoms. The number of nitrogens with one attached hydrogen (secondary N) is 1. The van der Waals surface area contributed by atoms with Gasteiger partial charge in [-0.3, -0.25) is 18.9 Å². The van der Waals surface area contributed by atoms with Crippen LogP contribution in [0.25, 0.3) is 11.2 Å². The predicted molar refractivity (Wildman–Crippen MR) is 102 cm³/mol. The minimum absolute atomic E-state index is 0.0654. The summed E-state index contributed by atoms with van der Waals surface area (Å²) in [6.45, 7) is -0.0717. The van der Waals surface area contributed by atoms with E-state index in [1.54, 1.807) is 0 Å². The number of H-pyrrole nitrogens is 1. The molecule has 2 aromatic heterocycles. The van der Waals surface area contributed by atoms with Gasteiger partial charge in [0.15, 0.2) is 17.4 Å². The molecule has 2 aromatic rings. The molecule has 0 radical (unpaired) electrons. The fourth-order valence-electron chi connectivity index (χ4n) is 2.80. The maximum atomic E-state index is 12.2. The van der Waals surface area contributed by atoms with Crippen molar-refractivity contribution >= 4 is 40.4 Å². The maximum absolute atomic E-state index is 12.2. The summed E-state index contributed by atoms with van der Waals surface area (Å²) in [5.74, 6) is -0.243. The lowest BCUT2D eigenvalue weighted by Gasteiger charge is -2.20. The van der Waals surface area contributed by atoms with Crippen LogP contribution in [0.4, 0.5) is 5.95 Å². The fourth-order valence-corrected chi connectivity index (χ4v) is 6.36. The second-order valence-electron chi connectivity index (χ2n) is 6.51. The summed E-state index contributed by atoms with van der Waals surface area (Å²) in [5, 5.41) is 20.6. The number of hydrogen-bond acceptors (Lipinski definition) is 13. The van der Waals surface area contributed by atoms with E-state index >= 15 is 0 Å². The Balaban J connectivity index is 1.72. The van der Waals surface area contributed by atoms with Crippen molar-refractivity contribution in [2.24, 2.45) is 0 Å². The van der Waals surface area contributed by atoms with E-state index in [0.29, 0.717) is 6.66 Å². The number of nitrogens with two attached hydrogens (primary N) is 1. The molecule has 180 valence electrons. The number of anilines is 1. The third-order valence-corrected chi connectivity index (χ3v) is 8.30. The van der Waals surface area contributed by atoms with Crippen molar-refractivity contribution in [2.45, 2.75) is 24.5 Å². The number of aromatic nitrogens is 4. The van der Waals surface area contributed by atoms with E-state index in [1.165, 1.54) is 0 Å². The molecule has 3 rings (SSSR count). The first-order valence-corrected chi connectivity index (χ1v) is 13.4. The van der Waals surface area contributed by atoms with Gasteiger partial charge in [-0.25, -0.2) is 18.4 Å². The van der Waals surface area contributed by atoms with Gasteiger partial charge in [-0.05, 0) is 0 Å². The molecule has 0 amide bonds. The number of phosphoric acid groups is 2. The van der Waals surface area contributed by atoms with Crippen molar-refractivity contribution in [1.29, 1.82) is 0 Å². The van der Waals surface area contributed by atoms with Crippen LogP contribution in [0, 0.1) is 0 Å². The van der Waals surface area contributed by atoms with E-state index in [1.807, 2.05) is 0 Å². The van der Waals surface area contributed by atoms with Crippen LogP contribution in [0.3, 0.4) is 0 Å². The van der Waals surface area contributed by atoms with Crippen LogP contribution >= 0.6 is 23.2 Å². The molecule has 32 heavy (non-hydrogen) atoms. The van der Waals surface area contributed by atoms with Crippen molar-refractivity contribution in [3.8, 4) is 0 Å². The number of fused-ring (bicyclic) bond motifs is 1. The number of aliphatic hydroxyl groups is 2. The lowest BCUT2D eigenvalue weighted by Crippen LogP contribution is -2.33. The molecule has 1 aliphatic rings. The highest BCUT2D eigenvalue weighted by Gasteiger charge is 2.46. The Labute approximate surface area is 177 Å². The standard InChI is InChI=1S/C11H18N5O13P3/c1-30(20,28-32(24,25)29-31(21,22)23)26-2-4-6(17)7(18)10(27-4)16-3-13-5-8(16)14-11(12)15-9(5)19/h3-4,6-7,10,17-18H,2H2,1H3,(H,24,25)(H2,21,22,23)(H3,12,14,15,19)/t4-,6?,7?,10-,30?/m1/s1. The minimum atomic E-state index is -5.48. The first kappa shape index (κ1) is 25.1. The number of aliphatic hydroxyl groups excluding tert-OH is 2. The Morgan fingerprint density at radius 3 is 2.50 bits per heavy atom. The van der Waals surface area contributed by atoms with Gasteiger partial charge in [0, 0.05) is 6.66 Å². The van der Waals surface area contributed by atoms with Gasteiger partial charge in [0.05, 0.1) is 12.9 Å². The average molecular weight is 521 g/mol. The topological polar surface area (TPSA) is 279 Å². The van der Waals surface area contributed by atoms with Gasteiger partial charge < -0.3 is 39.9 Å². The molecule has 1 fully saturated rings. The van der Waals surface area contributed by atoms with Gasteiger partial charge in [0.2, 0.25) is 5.95 Å². The van der Waals surface area contributed by atoms with Crippen LogP contribution in [-0.2, 0) is 31.6 Å². The summed E-state index contributed by atoms with van der Waals surface area (Å²) >= 11 is 0. The molecule has 1 saturated heterocycles. The molecule has 18 nitrogen and oxygen atoms in total. The molecule has 0 saturated carbocycles. The van der Waals surface area contributed by atoms with Gasteiger partial charge in [0.1, 0.15) is 18.3 Å². The Morgan fingerprint density at radius 1 is 1.22 bits per heavy atom. The van der Waals surface area contributed by atoms with E-state index in [-0.39, 0.29) is 17.1 Å². The van der Waals surface area contributed by atoms with Crippen LogP contribution in [0.2, 0.25) is 0 Å². The second-order valence-corrected chi connectivity index (χ2v) is 11.5. The largest absolute Gasteiger partial charge is 0.488 e. The number of imidazole rings is 1. The highest BCUT2D eigenvalue weighted by molar-refractivity contribution is 7.68. The number of ether oxygens (including phenoxy) is 1. The highest BCUT2D eigenvalue weighted by atomic mass is 31.3. The van der Waals surface area contributed by atoms with Crippen LogP contribution in [0.15, 0.2) is 11.1 Å². The van der Waals surface area contributed by atoms with Crippen molar-refractivity contribution in [3.63, 3.8) is 0 Å². The summed E-state index contributed by atoms with van der Waals surface area (Å²) in [5.41, 5.74) is 4.65. The molecule has 0 aromatic carbocycles. The third kappa shape index (κ3) is 5.69.